The summed E-state index contributed by atoms with van der Waals surface area (Å²) in [4.78, 5) is 17.4. The first-order valence-corrected chi connectivity index (χ1v) is 8.51. The van der Waals surface area contributed by atoms with Gasteiger partial charge in [0.15, 0.2) is 0 Å². The minimum atomic E-state index is -0.0914. The van der Waals surface area contributed by atoms with Gasteiger partial charge in [0.1, 0.15) is 9.88 Å². The van der Waals surface area contributed by atoms with Crippen LogP contribution < -0.4 is 11.1 Å². The molecule has 1 unspecified atom stereocenters. The number of hydrogen-bond donors (Lipinski definition) is 2. The van der Waals surface area contributed by atoms with Crippen LogP contribution >= 0.6 is 22.9 Å². The third kappa shape index (κ3) is 3.48. The lowest BCUT2D eigenvalue weighted by molar-refractivity contribution is 0.0953. The SMILES string of the molecule is Cc1nc(-c2ccc(Cl)cc2)sc1C(=O)NCC(N)C1CC1. The Balaban J connectivity index is 1.71. The first-order valence-electron chi connectivity index (χ1n) is 7.31. The average Bonchev–Trinajstić information content (AvgIpc) is 3.28. The summed E-state index contributed by atoms with van der Waals surface area (Å²) in [6, 6.07) is 7.52. The predicted molar refractivity (Wildman–Crippen MR) is 90.3 cm³/mol. The number of aryl methyl sites for hydroxylation is 1. The number of hydrogen-bond acceptors (Lipinski definition) is 4. The molecule has 1 heterocycles. The van der Waals surface area contributed by atoms with Crippen molar-refractivity contribution in [3.8, 4) is 10.6 Å². The van der Waals surface area contributed by atoms with E-state index >= 15 is 0 Å². The Hall–Kier alpha value is -1.43. The molecule has 1 amide bonds. The molecule has 1 aliphatic rings. The minimum absolute atomic E-state index is 0.0629. The van der Waals surface area contributed by atoms with Crippen LogP contribution in [0.1, 0.15) is 28.2 Å². The second-order valence-corrected chi connectivity index (χ2v) is 7.09. The number of carbonyl (C=O) groups is 1. The Bertz CT molecular complexity index is 679. The van der Waals surface area contributed by atoms with Crippen LogP contribution in [-0.4, -0.2) is 23.5 Å². The molecule has 1 aromatic heterocycles. The van der Waals surface area contributed by atoms with E-state index in [-0.39, 0.29) is 11.9 Å². The molecule has 1 atom stereocenters. The van der Waals surface area contributed by atoms with Crippen LogP contribution in [-0.2, 0) is 0 Å². The molecule has 6 heteroatoms. The maximum Gasteiger partial charge on any atom is 0.263 e. The molecular weight excluding hydrogens is 318 g/mol. The highest BCUT2D eigenvalue weighted by Crippen LogP contribution is 2.31. The third-order valence-corrected chi connectivity index (χ3v) is 5.28. The number of benzene rings is 1. The van der Waals surface area contributed by atoms with Crippen LogP contribution in [0.4, 0.5) is 0 Å². The van der Waals surface area contributed by atoms with Crippen molar-refractivity contribution in [3.05, 3.63) is 39.9 Å². The van der Waals surface area contributed by atoms with E-state index in [2.05, 4.69) is 10.3 Å². The van der Waals surface area contributed by atoms with E-state index in [1.54, 1.807) is 0 Å². The number of nitrogens with two attached hydrogens (primary N) is 1. The molecule has 1 fully saturated rings. The van der Waals surface area contributed by atoms with Gasteiger partial charge in [-0.2, -0.15) is 0 Å². The summed E-state index contributed by atoms with van der Waals surface area (Å²) in [6.45, 7) is 2.38. The fraction of sp³-hybridized carbons (Fsp3) is 0.375. The van der Waals surface area contributed by atoms with Crippen molar-refractivity contribution < 1.29 is 4.79 Å². The van der Waals surface area contributed by atoms with Crippen molar-refractivity contribution in [1.82, 2.24) is 10.3 Å². The zero-order valence-electron chi connectivity index (χ0n) is 12.3. The molecule has 22 heavy (non-hydrogen) atoms. The normalized spacial score (nSPS) is 15.6. The summed E-state index contributed by atoms with van der Waals surface area (Å²) < 4.78 is 0. The highest BCUT2D eigenvalue weighted by Gasteiger charge is 2.28. The number of halogens is 1. The Morgan fingerprint density at radius 3 is 2.77 bits per heavy atom. The molecule has 1 aliphatic carbocycles. The number of nitrogens with one attached hydrogen (secondary N) is 1. The minimum Gasteiger partial charge on any atom is -0.350 e. The van der Waals surface area contributed by atoms with Crippen molar-refractivity contribution in [2.24, 2.45) is 11.7 Å². The van der Waals surface area contributed by atoms with Crippen molar-refractivity contribution >= 4 is 28.8 Å². The smallest absolute Gasteiger partial charge is 0.263 e. The average molecular weight is 336 g/mol. The van der Waals surface area contributed by atoms with Gasteiger partial charge in [-0.1, -0.05) is 23.7 Å². The molecular formula is C16H18ClN3OS. The van der Waals surface area contributed by atoms with E-state index in [0.717, 1.165) is 16.3 Å². The Labute approximate surface area is 138 Å². The summed E-state index contributed by atoms with van der Waals surface area (Å²) in [5.41, 5.74) is 7.72. The molecule has 0 radical (unpaired) electrons. The van der Waals surface area contributed by atoms with Gasteiger partial charge in [-0.05, 0) is 37.8 Å². The number of rotatable bonds is 5. The summed E-state index contributed by atoms with van der Waals surface area (Å²) >= 11 is 7.29. The quantitative estimate of drug-likeness (QED) is 0.881. The summed E-state index contributed by atoms with van der Waals surface area (Å²) in [5, 5.41) is 4.43. The van der Waals surface area contributed by atoms with Gasteiger partial charge in [-0.3, -0.25) is 4.79 Å². The Morgan fingerprint density at radius 1 is 1.45 bits per heavy atom. The highest BCUT2D eigenvalue weighted by molar-refractivity contribution is 7.17. The first-order chi connectivity index (χ1) is 10.5. The van der Waals surface area contributed by atoms with Crippen molar-refractivity contribution in [1.29, 1.82) is 0 Å². The van der Waals surface area contributed by atoms with Crippen molar-refractivity contribution in [3.63, 3.8) is 0 Å². The number of nitrogens with zero attached hydrogens (tertiary/aromatic N) is 1. The van der Waals surface area contributed by atoms with Gasteiger partial charge in [0.25, 0.3) is 5.91 Å². The standard InChI is InChI=1S/C16H18ClN3OS/c1-9-14(15(21)19-8-13(18)10-2-3-10)22-16(20-9)11-4-6-12(17)7-5-11/h4-7,10,13H,2-3,8,18H2,1H3,(H,19,21). The van der Waals surface area contributed by atoms with E-state index in [4.69, 9.17) is 17.3 Å². The number of amides is 1. The fourth-order valence-corrected chi connectivity index (χ4v) is 3.42. The summed E-state index contributed by atoms with van der Waals surface area (Å²) in [7, 11) is 0. The fourth-order valence-electron chi connectivity index (χ4n) is 2.30. The van der Waals surface area contributed by atoms with Crippen LogP contribution in [0, 0.1) is 12.8 Å². The van der Waals surface area contributed by atoms with Gasteiger partial charge in [0, 0.05) is 23.2 Å². The molecule has 0 aliphatic heterocycles. The molecule has 1 saturated carbocycles. The Morgan fingerprint density at radius 2 is 2.14 bits per heavy atom. The topological polar surface area (TPSA) is 68.0 Å². The second kappa shape index (κ2) is 6.36. The summed E-state index contributed by atoms with van der Waals surface area (Å²) in [6.07, 6.45) is 2.36. The van der Waals surface area contributed by atoms with Crippen LogP contribution in [0.5, 0.6) is 0 Å². The molecule has 4 nitrogen and oxygen atoms in total. The predicted octanol–water partition coefficient (Wildman–Crippen LogP) is 3.24. The second-order valence-electron chi connectivity index (χ2n) is 5.65. The monoisotopic (exact) mass is 335 g/mol. The van der Waals surface area contributed by atoms with Crippen LogP contribution in [0.25, 0.3) is 10.6 Å². The van der Waals surface area contributed by atoms with E-state index < -0.39 is 0 Å². The molecule has 2 aromatic rings. The number of carbonyl (C=O) groups excluding carboxylic acids is 1. The molecule has 0 saturated heterocycles. The van der Waals surface area contributed by atoms with Gasteiger partial charge < -0.3 is 11.1 Å². The van der Waals surface area contributed by atoms with Crippen molar-refractivity contribution in [2.45, 2.75) is 25.8 Å². The molecule has 3 rings (SSSR count). The lowest BCUT2D eigenvalue weighted by Gasteiger charge is -2.10. The number of aromatic nitrogens is 1. The van der Waals surface area contributed by atoms with Crippen LogP contribution in [0.2, 0.25) is 5.02 Å². The van der Waals surface area contributed by atoms with Gasteiger partial charge >= 0.3 is 0 Å². The maximum absolute atomic E-state index is 12.3. The van der Waals surface area contributed by atoms with E-state index in [1.165, 1.54) is 24.2 Å². The van der Waals surface area contributed by atoms with Gasteiger partial charge in [0.05, 0.1) is 5.69 Å². The zero-order valence-corrected chi connectivity index (χ0v) is 13.9. The molecule has 0 spiro atoms. The van der Waals surface area contributed by atoms with Gasteiger partial charge in [0.2, 0.25) is 0 Å². The number of thiazole rings is 1. The van der Waals surface area contributed by atoms with E-state index in [0.29, 0.717) is 22.4 Å². The van der Waals surface area contributed by atoms with Gasteiger partial charge in [-0.25, -0.2) is 4.98 Å². The van der Waals surface area contributed by atoms with Crippen LogP contribution in [0.15, 0.2) is 24.3 Å². The molecule has 3 N–H and O–H groups in total. The lowest BCUT2D eigenvalue weighted by Crippen LogP contribution is -2.38. The largest absolute Gasteiger partial charge is 0.350 e. The van der Waals surface area contributed by atoms with Crippen molar-refractivity contribution in [2.75, 3.05) is 6.54 Å². The van der Waals surface area contributed by atoms with Crippen LogP contribution in [0.3, 0.4) is 0 Å². The van der Waals surface area contributed by atoms with E-state index in [9.17, 15) is 4.79 Å². The summed E-state index contributed by atoms with van der Waals surface area (Å²) in [5.74, 6) is 0.485. The zero-order chi connectivity index (χ0) is 15.7. The van der Waals surface area contributed by atoms with E-state index in [1.807, 2.05) is 31.2 Å². The molecule has 116 valence electrons. The Kier molecular flexibility index (Phi) is 4.47. The third-order valence-electron chi connectivity index (χ3n) is 3.82. The highest BCUT2D eigenvalue weighted by atomic mass is 35.5. The molecule has 1 aromatic carbocycles. The lowest BCUT2D eigenvalue weighted by atomic mass is 10.2. The maximum atomic E-state index is 12.3. The molecule has 0 bridgehead atoms. The van der Waals surface area contributed by atoms with Gasteiger partial charge in [-0.15, -0.1) is 11.3 Å². The first kappa shape index (κ1) is 15.5.